The fraction of sp³-hybridized carbons (Fsp3) is 0.625. The summed E-state index contributed by atoms with van der Waals surface area (Å²) in [5, 5.41) is 3.47. The molecular formula is C16H24N2. The van der Waals surface area contributed by atoms with E-state index in [0.717, 1.165) is 19.0 Å². The molecule has 1 saturated heterocycles. The van der Waals surface area contributed by atoms with E-state index in [1.54, 1.807) is 0 Å². The van der Waals surface area contributed by atoms with Gasteiger partial charge in [-0.25, -0.2) is 0 Å². The van der Waals surface area contributed by atoms with E-state index in [0.29, 0.717) is 6.04 Å². The second-order valence-electron chi connectivity index (χ2n) is 5.69. The highest BCUT2D eigenvalue weighted by Crippen LogP contribution is 2.39. The molecule has 98 valence electrons. The number of nitrogens with zero attached hydrogens (tertiary/aromatic N) is 1. The summed E-state index contributed by atoms with van der Waals surface area (Å²) in [6, 6.07) is 11.8. The Balaban J connectivity index is 1.82. The second kappa shape index (κ2) is 5.85. The predicted octanol–water partition coefficient (Wildman–Crippen LogP) is 2.82. The van der Waals surface area contributed by atoms with Crippen LogP contribution in [0.4, 0.5) is 0 Å². The quantitative estimate of drug-likeness (QED) is 0.879. The SMILES string of the molecule is c1ccc(C(C2CCCC2)N2CCNCC2)cc1. The van der Waals surface area contributed by atoms with Gasteiger partial charge in [0.05, 0.1) is 0 Å². The summed E-state index contributed by atoms with van der Waals surface area (Å²) in [5.74, 6) is 0.880. The zero-order valence-corrected chi connectivity index (χ0v) is 11.1. The van der Waals surface area contributed by atoms with Crippen molar-refractivity contribution in [1.82, 2.24) is 10.2 Å². The van der Waals surface area contributed by atoms with E-state index in [-0.39, 0.29) is 0 Å². The van der Waals surface area contributed by atoms with Crippen molar-refractivity contribution in [3.05, 3.63) is 35.9 Å². The van der Waals surface area contributed by atoms with Crippen molar-refractivity contribution in [3.63, 3.8) is 0 Å². The maximum atomic E-state index is 3.47. The van der Waals surface area contributed by atoms with E-state index in [1.165, 1.54) is 44.3 Å². The largest absolute Gasteiger partial charge is 0.314 e. The summed E-state index contributed by atoms with van der Waals surface area (Å²) < 4.78 is 0. The van der Waals surface area contributed by atoms with Gasteiger partial charge < -0.3 is 5.32 Å². The van der Waals surface area contributed by atoms with Crippen molar-refractivity contribution in [2.24, 2.45) is 5.92 Å². The van der Waals surface area contributed by atoms with Crippen LogP contribution in [0, 0.1) is 5.92 Å². The van der Waals surface area contributed by atoms with Gasteiger partial charge in [-0.2, -0.15) is 0 Å². The fourth-order valence-corrected chi connectivity index (χ4v) is 3.66. The molecule has 0 spiro atoms. The first-order chi connectivity index (χ1) is 8.95. The van der Waals surface area contributed by atoms with Gasteiger partial charge >= 0.3 is 0 Å². The minimum Gasteiger partial charge on any atom is -0.314 e. The Kier molecular flexibility index (Phi) is 3.96. The Bertz CT molecular complexity index is 351. The molecule has 18 heavy (non-hydrogen) atoms. The average Bonchev–Trinajstić information content (AvgIpc) is 2.95. The van der Waals surface area contributed by atoms with E-state index in [1.807, 2.05) is 0 Å². The number of piperazine rings is 1. The van der Waals surface area contributed by atoms with Crippen molar-refractivity contribution >= 4 is 0 Å². The highest BCUT2D eigenvalue weighted by molar-refractivity contribution is 5.20. The first-order valence-corrected chi connectivity index (χ1v) is 7.45. The third kappa shape index (κ3) is 2.60. The zero-order chi connectivity index (χ0) is 12.2. The lowest BCUT2D eigenvalue weighted by Gasteiger charge is -2.38. The van der Waals surface area contributed by atoms with E-state index in [2.05, 4.69) is 40.5 Å². The van der Waals surface area contributed by atoms with Crippen LogP contribution in [0.15, 0.2) is 30.3 Å². The number of hydrogen-bond acceptors (Lipinski definition) is 2. The van der Waals surface area contributed by atoms with Crippen LogP contribution in [0.5, 0.6) is 0 Å². The van der Waals surface area contributed by atoms with E-state index < -0.39 is 0 Å². The summed E-state index contributed by atoms with van der Waals surface area (Å²) >= 11 is 0. The van der Waals surface area contributed by atoms with Crippen LogP contribution in [-0.4, -0.2) is 31.1 Å². The molecule has 2 nitrogen and oxygen atoms in total. The second-order valence-corrected chi connectivity index (χ2v) is 5.69. The molecule has 2 heteroatoms. The van der Waals surface area contributed by atoms with Crippen LogP contribution < -0.4 is 5.32 Å². The molecule has 0 radical (unpaired) electrons. The summed E-state index contributed by atoms with van der Waals surface area (Å²) in [7, 11) is 0. The molecular weight excluding hydrogens is 220 g/mol. The molecule has 1 unspecified atom stereocenters. The van der Waals surface area contributed by atoms with Gasteiger partial charge in [-0.3, -0.25) is 4.90 Å². The molecule has 1 heterocycles. The first-order valence-electron chi connectivity index (χ1n) is 7.45. The molecule has 2 fully saturated rings. The van der Waals surface area contributed by atoms with Gasteiger partial charge in [-0.1, -0.05) is 43.2 Å². The molecule has 1 aliphatic heterocycles. The van der Waals surface area contributed by atoms with Crippen LogP contribution in [-0.2, 0) is 0 Å². The molecule has 0 amide bonds. The summed E-state index contributed by atoms with van der Waals surface area (Å²) in [6.07, 6.45) is 5.70. The van der Waals surface area contributed by atoms with E-state index in [9.17, 15) is 0 Å². The van der Waals surface area contributed by atoms with Crippen LogP contribution in [0.1, 0.15) is 37.3 Å². The van der Waals surface area contributed by atoms with Crippen molar-refractivity contribution in [3.8, 4) is 0 Å². The lowest BCUT2D eigenvalue weighted by atomic mass is 9.90. The zero-order valence-electron chi connectivity index (χ0n) is 11.1. The maximum Gasteiger partial charge on any atom is 0.0377 e. The Morgan fingerprint density at radius 2 is 1.67 bits per heavy atom. The highest BCUT2D eigenvalue weighted by atomic mass is 15.2. The van der Waals surface area contributed by atoms with Gasteiger partial charge in [0.2, 0.25) is 0 Å². The van der Waals surface area contributed by atoms with Gasteiger partial charge in [-0.15, -0.1) is 0 Å². The smallest absolute Gasteiger partial charge is 0.0377 e. The monoisotopic (exact) mass is 244 g/mol. The molecule has 1 aromatic carbocycles. The van der Waals surface area contributed by atoms with E-state index >= 15 is 0 Å². The predicted molar refractivity (Wildman–Crippen MR) is 75.6 cm³/mol. The lowest BCUT2D eigenvalue weighted by Crippen LogP contribution is -2.46. The van der Waals surface area contributed by atoms with Gasteiger partial charge in [0, 0.05) is 32.2 Å². The van der Waals surface area contributed by atoms with Crippen molar-refractivity contribution < 1.29 is 0 Å². The number of rotatable bonds is 3. The maximum absolute atomic E-state index is 3.47. The molecule has 0 bridgehead atoms. The molecule has 3 rings (SSSR count). The van der Waals surface area contributed by atoms with Crippen molar-refractivity contribution in [1.29, 1.82) is 0 Å². The standard InChI is InChI=1S/C16H24N2/c1-2-6-14(7-3-1)16(15-8-4-5-9-15)18-12-10-17-11-13-18/h1-3,6-7,15-17H,4-5,8-13H2. The van der Waals surface area contributed by atoms with Gasteiger partial charge in [0.15, 0.2) is 0 Å². The molecule has 2 aliphatic rings. The first kappa shape index (κ1) is 12.2. The lowest BCUT2D eigenvalue weighted by molar-refractivity contribution is 0.125. The van der Waals surface area contributed by atoms with Crippen molar-refractivity contribution in [2.45, 2.75) is 31.7 Å². The summed E-state index contributed by atoms with van der Waals surface area (Å²) in [4.78, 5) is 2.71. The van der Waals surface area contributed by atoms with Gasteiger partial charge in [0.25, 0.3) is 0 Å². The molecule has 1 aromatic rings. The van der Waals surface area contributed by atoms with Crippen LogP contribution >= 0.6 is 0 Å². The average molecular weight is 244 g/mol. The Morgan fingerprint density at radius 3 is 2.33 bits per heavy atom. The van der Waals surface area contributed by atoms with Crippen LogP contribution in [0.2, 0.25) is 0 Å². The number of hydrogen-bond donors (Lipinski definition) is 1. The molecule has 0 aromatic heterocycles. The van der Waals surface area contributed by atoms with Crippen molar-refractivity contribution in [2.75, 3.05) is 26.2 Å². The fourth-order valence-electron chi connectivity index (χ4n) is 3.66. The Labute approximate surface area is 110 Å². The minimum absolute atomic E-state index is 0.663. The third-order valence-corrected chi connectivity index (χ3v) is 4.53. The topological polar surface area (TPSA) is 15.3 Å². The van der Waals surface area contributed by atoms with Gasteiger partial charge in [0.1, 0.15) is 0 Å². The van der Waals surface area contributed by atoms with Crippen LogP contribution in [0.3, 0.4) is 0 Å². The molecule has 1 saturated carbocycles. The van der Waals surface area contributed by atoms with E-state index in [4.69, 9.17) is 0 Å². The Morgan fingerprint density at radius 1 is 1.00 bits per heavy atom. The Hall–Kier alpha value is -0.860. The molecule has 1 aliphatic carbocycles. The summed E-state index contributed by atoms with van der Waals surface area (Å²) in [5.41, 5.74) is 1.53. The van der Waals surface area contributed by atoms with Crippen LogP contribution in [0.25, 0.3) is 0 Å². The normalized spacial score (nSPS) is 24.2. The highest BCUT2D eigenvalue weighted by Gasteiger charge is 2.31. The number of benzene rings is 1. The summed E-state index contributed by atoms with van der Waals surface area (Å²) in [6.45, 7) is 4.71. The molecule has 1 atom stereocenters. The van der Waals surface area contributed by atoms with Gasteiger partial charge in [-0.05, 0) is 24.3 Å². The minimum atomic E-state index is 0.663. The third-order valence-electron chi connectivity index (χ3n) is 4.53. The molecule has 1 N–H and O–H groups in total. The number of nitrogens with one attached hydrogen (secondary N) is 1.